The van der Waals surface area contributed by atoms with Crippen LogP contribution < -0.4 is 14.8 Å². The summed E-state index contributed by atoms with van der Waals surface area (Å²) in [4.78, 5) is 12.5. The Morgan fingerprint density at radius 2 is 1.83 bits per heavy atom. The van der Waals surface area contributed by atoms with Crippen molar-refractivity contribution in [2.75, 3.05) is 19.5 Å². The number of rotatable bonds is 5. The smallest absolute Gasteiger partial charge is 0.259 e. The first-order chi connectivity index (χ1) is 11.7. The maximum Gasteiger partial charge on any atom is 0.259 e. The van der Waals surface area contributed by atoms with Crippen LogP contribution in [0, 0.1) is 0 Å². The van der Waals surface area contributed by atoms with Gasteiger partial charge in [0.15, 0.2) is 11.5 Å². The molecule has 0 saturated carbocycles. The molecule has 122 valence electrons. The van der Waals surface area contributed by atoms with E-state index in [1.165, 1.54) is 14.2 Å². The van der Waals surface area contributed by atoms with E-state index in [-0.39, 0.29) is 5.91 Å². The molecule has 3 rings (SSSR count). The fourth-order valence-corrected chi connectivity index (χ4v) is 2.38. The molecule has 1 N–H and O–H groups in total. The number of amides is 1. The third kappa shape index (κ3) is 3.08. The van der Waals surface area contributed by atoms with Crippen molar-refractivity contribution in [3.05, 3.63) is 66.5 Å². The van der Waals surface area contributed by atoms with Crippen LogP contribution in [0.4, 0.5) is 5.69 Å². The molecule has 1 aromatic heterocycles. The molecule has 0 spiro atoms. The van der Waals surface area contributed by atoms with Crippen LogP contribution in [0.15, 0.2) is 60.9 Å². The van der Waals surface area contributed by atoms with Gasteiger partial charge in [-0.1, -0.05) is 6.07 Å². The van der Waals surface area contributed by atoms with Crippen LogP contribution >= 0.6 is 0 Å². The highest BCUT2D eigenvalue weighted by Gasteiger charge is 2.16. The molecule has 6 heteroatoms. The van der Waals surface area contributed by atoms with Crippen molar-refractivity contribution < 1.29 is 14.3 Å². The Hall–Kier alpha value is -3.28. The number of methoxy groups -OCH3 is 2. The zero-order valence-electron chi connectivity index (χ0n) is 13.4. The van der Waals surface area contributed by atoms with Gasteiger partial charge >= 0.3 is 0 Å². The first-order valence-electron chi connectivity index (χ1n) is 7.35. The molecule has 0 saturated heterocycles. The van der Waals surface area contributed by atoms with Gasteiger partial charge in [-0.05, 0) is 42.5 Å². The van der Waals surface area contributed by atoms with Gasteiger partial charge in [-0.3, -0.25) is 4.79 Å². The summed E-state index contributed by atoms with van der Waals surface area (Å²) in [7, 11) is 3.04. The maximum atomic E-state index is 12.5. The number of ether oxygens (including phenoxy) is 2. The Labute approximate surface area is 139 Å². The maximum absolute atomic E-state index is 12.5. The highest BCUT2D eigenvalue weighted by molar-refractivity contribution is 6.06. The number of nitrogens with zero attached hydrogens (tertiary/aromatic N) is 2. The number of nitrogens with one attached hydrogen (secondary N) is 1. The van der Waals surface area contributed by atoms with Crippen LogP contribution in [0.2, 0.25) is 0 Å². The predicted molar refractivity (Wildman–Crippen MR) is 91.1 cm³/mol. The number of hydrogen-bond acceptors (Lipinski definition) is 4. The van der Waals surface area contributed by atoms with Gasteiger partial charge in [-0.2, -0.15) is 5.10 Å². The fraction of sp³-hybridized carbons (Fsp3) is 0.111. The first-order valence-corrected chi connectivity index (χ1v) is 7.35. The van der Waals surface area contributed by atoms with Crippen molar-refractivity contribution in [2.45, 2.75) is 0 Å². The largest absolute Gasteiger partial charge is 0.493 e. The number of anilines is 1. The predicted octanol–water partition coefficient (Wildman–Crippen LogP) is 3.14. The van der Waals surface area contributed by atoms with Crippen LogP contribution in [-0.2, 0) is 0 Å². The Morgan fingerprint density at radius 3 is 2.46 bits per heavy atom. The van der Waals surface area contributed by atoms with Crippen LogP contribution in [0.3, 0.4) is 0 Å². The molecule has 0 radical (unpaired) electrons. The normalized spacial score (nSPS) is 10.2. The van der Waals surface area contributed by atoms with E-state index in [9.17, 15) is 4.79 Å². The van der Waals surface area contributed by atoms with Gasteiger partial charge in [0, 0.05) is 18.1 Å². The molecule has 0 aliphatic carbocycles. The van der Waals surface area contributed by atoms with Crippen LogP contribution in [0.5, 0.6) is 11.5 Å². The molecule has 0 bridgehead atoms. The molecule has 0 fully saturated rings. The SMILES string of the molecule is COc1cccc(C(=O)Nc2ccc(-n3cccn3)cc2)c1OC. The molecule has 0 aliphatic rings. The van der Waals surface area contributed by atoms with Crippen LogP contribution in [0.25, 0.3) is 5.69 Å². The van der Waals surface area contributed by atoms with Gasteiger partial charge < -0.3 is 14.8 Å². The van der Waals surface area contributed by atoms with E-state index in [4.69, 9.17) is 9.47 Å². The summed E-state index contributed by atoms with van der Waals surface area (Å²) in [6.07, 6.45) is 3.57. The van der Waals surface area contributed by atoms with E-state index in [2.05, 4.69) is 10.4 Å². The van der Waals surface area contributed by atoms with Crippen LogP contribution in [0.1, 0.15) is 10.4 Å². The Morgan fingerprint density at radius 1 is 1.04 bits per heavy atom. The minimum Gasteiger partial charge on any atom is -0.493 e. The molecule has 0 atom stereocenters. The third-order valence-corrected chi connectivity index (χ3v) is 3.54. The summed E-state index contributed by atoms with van der Waals surface area (Å²) in [5, 5.41) is 7.02. The second kappa shape index (κ2) is 6.87. The number of aromatic nitrogens is 2. The van der Waals surface area contributed by atoms with Gasteiger partial charge in [0.2, 0.25) is 0 Å². The number of hydrogen-bond donors (Lipinski definition) is 1. The number of para-hydroxylation sites is 1. The molecule has 2 aromatic carbocycles. The molecule has 1 heterocycles. The van der Waals surface area contributed by atoms with Gasteiger partial charge in [-0.15, -0.1) is 0 Å². The zero-order chi connectivity index (χ0) is 16.9. The first kappa shape index (κ1) is 15.6. The summed E-state index contributed by atoms with van der Waals surface area (Å²) < 4.78 is 12.3. The van der Waals surface area contributed by atoms with E-state index < -0.39 is 0 Å². The van der Waals surface area contributed by atoms with Crippen LogP contribution in [-0.4, -0.2) is 29.9 Å². The Kier molecular flexibility index (Phi) is 4.47. The topological polar surface area (TPSA) is 65.4 Å². The summed E-state index contributed by atoms with van der Waals surface area (Å²) in [5.74, 6) is 0.655. The van der Waals surface area contributed by atoms with E-state index in [1.807, 2.05) is 36.5 Å². The summed E-state index contributed by atoms with van der Waals surface area (Å²) in [5.41, 5.74) is 2.01. The average molecular weight is 323 g/mol. The molecule has 0 unspecified atom stereocenters. The van der Waals surface area contributed by atoms with E-state index in [0.717, 1.165) is 5.69 Å². The molecular weight excluding hydrogens is 306 g/mol. The Balaban J connectivity index is 1.80. The van der Waals surface area contributed by atoms with Crippen molar-refractivity contribution in [2.24, 2.45) is 0 Å². The Bertz CT molecular complexity index is 827. The van der Waals surface area contributed by atoms with Gasteiger partial charge in [0.05, 0.1) is 25.5 Å². The number of carbonyl (C=O) groups excluding carboxylic acids is 1. The zero-order valence-corrected chi connectivity index (χ0v) is 13.4. The summed E-state index contributed by atoms with van der Waals surface area (Å²) in [6, 6.07) is 14.4. The van der Waals surface area contributed by atoms with E-state index >= 15 is 0 Å². The lowest BCUT2D eigenvalue weighted by molar-refractivity contribution is 0.102. The molecule has 6 nitrogen and oxygen atoms in total. The monoisotopic (exact) mass is 323 g/mol. The lowest BCUT2D eigenvalue weighted by Gasteiger charge is -2.12. The molecule has 3 aromatic rings. The fourth-order valence-electron chi connectivity index (χ4n) is 2.38. The molecule has 1 amide bonds. The summed E-state index contributed by atoms with van der Waals surface area (Å²) >= 11 is 0. The second-order valence-electron chi connectivity index (χ2n) is 4.99. The molecule has 0 aliphatic heterocycles. The second-order valence-corrected chi connectivity index (χ2v) is 4.99. The standard InChI is InChI=1S/C18H17N3O3/c1-23-16-6-3-5-15(17(16)24-2)18(22)20-13-7-9-14(10-8-13)21-12-4-11-19-21/h3-12H,1-2H3,(H,20,22). The average Bonchev–Trinajstić information content (AvgIpc) is 3.16. The van der Waals surface area contributed by atoms with Crippen molar-refractivity contribution in [1.29, 1.82) is 0 Å². The van der Waals surface area contributed by atoms with E-state index in [1.54, 1.807) is 29.1 Å². The lowest BCUT2D eigenvalue weighted by Crippen LogP contribution is -2.13. The van der Waals surface area contributed by atoms with Crippen molar-refractivity contribution in [3.8, 4) is 17.2 Å². The van der Waals surface area contributed by atoms with Crippen molar-refractivity contribution in [3.63, 3.8) is 0 Å². The van der Waals surface area contributed by atoms with Gasteiger partial charge in [0.1, 0.15) is 0 Å². The highest BCUT2D eigenvalue weighted by atomic mass is 16.5. The minimum absolute atomic E-state index is 0.266. The third-order valence-electron chi connectivity index (χ3n) is 3.54. The highest BCUT2D eigenvalue weighted by Crippen LogP contribution is 2.31. The molecule has 24 heavy (non-hydrogen) atoms. The van der Waals surface area contributed by atoms with E-state index in [0.29, 0.717) is 22.7 Å². The number of carbonyl (C=O) groups is 1. The minimum atomic E-state index is -0.266. The van der Waals surface area contributed by atoms with Gasteiger partial charge in [0.25, 0.3) is 5.91 Å². The van der Waals surface area contributed by atoms with Crippen molar-refractivity contribution in [1.82, 2.24) is 9.78 Å². The lowest BCUT2D eigenvalue weighted by atomic mass is 10.1. The molecular formula is C18H17N3O3. The van der Waals surface area contributed by atoms with Crippen molar-refractivity contribution >= 4 is 11.6 Å². The summed E-state index contributed by atoms with van der Waals surface area (Å²) in [6.45, 7) is 0. The quantitative estimate of drug-likeness (QED) is 0.783. The van der Waals surface area contributed by atoms with Gasteiger partial charge in [-0.25, -0.2) is 4.68 Å². The number of benzene rings is 2.